The molecule has 0 bridgehead atoms. The zero-order valence-electron chi connectivity index (χ0n) is 17.4. The van der Waals surface area contributed by atoms with E-state index in [0.29, 0.717) is 16.8 Å². The average molecular weight is 439 g/mol. The van der Waals surface area contributed by atoms with E-state index in [1.165, 1.54) is 31.2 Å². The van der Waals surface area contributed by atoms with Crippen molar-refractivity contribution in [3.8, 4) is 6.07 Å². The number of carbonyl (C=O) groups excluding carboxylic acids is 4. The fourth-order valence-corrected chi connectivity index (χ4v) is 3.40. The van der Waals surface area contributed by atoms with Crippen LogP contribution in [0.1, 0.15) is 43.6 Å². The molecule has 3 aromatic carbocycles. The molecule has 0 aliphatic carbocycles. The third-order valence-electron chi connectivity index (χ3n) is 5.09. The van der Waals surface area contributed by atoms with Crippen LogP contribution in [0.5, 0.6) is 0 Å². The van der Waals surface area contributed by atoms with E-state index < -0.39 is 29.8 Å². The highest BCUT2D eigenvalue weighted by Crippen LogP contribution is 2.29. The molecule has 1 heterocycles. The van der Waals surface area contributed by atoms with Crippen molar-refractivity contribution < 1.29 is 23.9 Å². The molecule has 0 saturated carbocycles. The van der Waals surface area contributed by atoms with Crippen LogP contribution in [-0.4, -0.2) is 29.8 Å². The molecule has 3 aromatic rings. The van der Waals surface area contributed by atoms with Gasteiger partial charge in [0.05, 0.1) is 33.6 Å². The van der Waals surface area contributed by atoms with Crippen molar-refractivity contribution in [2.75, 3.05) is 10.2 Å². The smallest absolute Gasteiger partial charge is 0.338 e. The third-order valence-corrected chi connectivity index (χ3v) is 5.09. The molecule has 8 heteroatoms. The average Bonchev–Trinajstić information content (AvgIpc) is 3.09. The highest BCUT2D eigenvalue weighted by atomic mass is 16.5. The van der Waals surface area contributed by atoms with Gasteiger partial charge in [-0.25, -0.2) is 9.69 Å². The highest BCUT2D eigenvalue weighted by molar-refractivity contribution is 6.34. The van der Waals surface area contributed by atoms with E-state index in [2.05, 4.69) is 5.32 Å². The molecule has 0 unspecified atom stereocenters. The van der Waals surface area contributed by atoms with Gasteiger partial charge < -0.3 is 10.1 Å². The number of hydrogen-bond donors (Lipinski definition) is 1. The van der Waals surface area contributed by atoms with Crippen molar-refractivity contribution in [2.45, 2.75) is 13.0 Å². The van der Waals surface area contributed by atoms with Gasteiger partial charge in [0.25, 0.3) is 17.7 Å². The summed E-state index contributed by atoms with van der Waals surface area (Å²) in [6.07, 6.45) is -1.16. The lowest BCUT2D eigenvalue weighted by atomic mass is 10.1. The molecule has 0 aromatic heterocycles. The van der Waals surface area contributed by atoms with Gasteiger partial charge in [-0.2, -0.15) is 5.26 Å². The summed E-state index contributed by atoms with van der Waals surface area (Å²) in [6.45, 7) is 1.40. The van der Waals surface area contributed by atoms with Gasteiger partial charge in [0.1, 0.15) is 6.07 Å². The van der Waals surface area contributed by atoms with Crippen LogP contribution in [0, 0.1) is 11.3 Å². The molecule has 0 fully saturated rings. The lowest BCUT2D eigenvalue weighted by molar-refractivity contribution is -0.123. The number of imide groups is 1. The number of rotatable bonds is 5. The van der Waals surface area contributed by atoms with Crippen LogP contribution in [-0.2, 0) is 9.53 Å². The minimum absolute atomic E-state index is 0.0705. The molecule has 1 aliphatic heterocycles. The summed E-state index contributed by atoms with van der Waals surface area (Å²) in [5, 5.41) is 11.7. The largest absolute Gasteiger partial charge is 0.449 e. The number of amides is 3. The number of hydrogen-bond acceptors (Lipinski definition) is 6. The number of anilines is 2. The summed E-state index contributed by atoms with van der Waals surface area (Å²) in [5.74, 6) is -2.37. The standard InChI is InChI=1S/C25H17N3O5/c1-15(22(29)27-21-12-5-2-7-17(21)14-26)33-25(32)16-8-6-9-18(13-16)28-23(30)19-10-3-4-11-20(19)24(28)31/h2-13,15H,1H3,(H,27,29)/t15-/m1/s1. The molecule has 4 rings (SSSR count). The summed E-state index contributed by atoms with van der Waals surface area (Å²) in [5.41, 5.74) is 1.45. The van der Waals surface area contributed by atoms with E-state index >= 15 is 0 Å². The molecule has 8 nitrogen and oxygen atoms in total. The number of nitrogens with one attached hydrogen (secondary N) is 1. The Labute approximate surface area is 189 Å². The number of para-hydroxylation sites is 1. The predicted octanol–water partition coefficient (Wildman–Crippen LogP) is 3.54. The van der Waals surface area contributed by atoms with E-state index in [0.717, 1.165) is 4.90 Å². The first kappa shape index (κ1) is 21.5. The molecule has 162 valence electrons. The normalized spacial score (nSPS) is 13.2. The second kappa shape index (κ2) is 8.77. The Morgan fingerprint density at radius 3 is 2.24 bits per heavy atom. The third kappa shape index (κ3) is 4.07. The van der Waals surface area contributed by atoms with Crippen molar-refractivity contribution in [3.05, 3.63) is 95.1 Å². The number of benzene rings is 3. The lowest BCUT2D eigenvalue weighted by Gasteiger charge is -2.16. The van der Waals surface area contributed by atoms with Gasteiger partial charge in [0, 0.05) is 0 Å². The zero-order valence-corrected chi connectivity index (χ0v) is 17.4. The summed E-state index contributed by atoms with van der Waals surface area (Å²) in [6, 6.07) is 20.8. The van der Waals surface area contributed by atoms with Gasteiger partial charge in [0.2, 0.25) is 0 Å². The van der Waals surface area contributed by atoms with Gasteiger partial charge in [0.15, 0.2) is 6.10 Å². The van der Waals surface area contributed by atoms with Crippen LogP contribution in [0.15, 0.2) is 72.8 Å². The summed E-state index contributed by atoms with van der Waals surface area (Å²) in [7, 11) is 0. The van der Waals surface area contributed by atoms with Gasteiger partial charge in [-0.3, -0.25) is 14.4 Å². The van der Waals surface area contributed by atoms with Gasteiger partial charge in [-0.15, -0.1) is 0 Å². The van der Waals surface area contributed by atoms with E-state index in [9.17, 15) is 19.2 Å². The maximum atomic E-state index is 12.7. The first-order valence-corrected chi connectivity index (χ1v) is 9.99. The molecular weight excluding hydrogens is 422 g/mol. The Morgan fingerprint density at radius 1 is 0.939 bits per heavy atom. The molecule has 1 aliphatic rings. The van der Waals surface area contributed by atoms with Crippen LogP contribution >= 0.6 is 0 Å². The molecular formula is C25H17N3O5. The minimum Gasteiger partial charge on any atom is -0.449 e. The monoisotopic (exact) mass is 439 g/mol. The fourth-order valence-electron chi connectivity index (χ4n) is 3.40. The first-order valence-electron chi connectivity index (χ1n) is 9.99. The number of carbonyl (C=O) groups is 4. The van der Waals surface area contributed by atoms with Crippen molar-refractivity contribution >= 4 is 35.1 Å². The molecule has 33 heavy (non-hydrogen) atoms. The van der Waals surface area contributed by atoms with Crippen molar-refractivity contribution in [1.29, 1.82) is 5.26 Å². The molecule has 3 amide bonds. The second-order valence-electron chi connectivity index (χ2n) is 7.24. The zero-order chi connectivity index (χ0) is 23.5. The van der Waals surface area contributed by atoms with E-state index in [1.807, 2.05) is 6.07 Å². The van der Waals surface area contributed by atoms with Crippen molar-refractivity contribution in [1.82, 2.24) is 0 Å². The molecule has 1 atom stereocenters. The van der Waals surface area contributed by atoms with Crippen LogP contribution in [0.25, 0.3) is 0 Å². The second-order valence-corrected chi connectivity index (χ2v) is 7.24. The number of esters is 1. The Morgan fingerprint density at radius 2 is 1.58 bits per heavy atom. The van der Waals surface area contributed by atoms with E-state index in [4.69, 9.17) is 10.00 Å². The lowest BCUT2D eigenvalue weighted by Crippen LogP contribution is -2.31. The minimum atomic E-state index is -1.16. The fraction of sp³-hybridized carbons (Fsp3) is 0.0800. The number of fused-ring (bicyclic) bond motifs is 1. The summed E-state index contributed by atoms with van der Waals surface area (Å²) >= 11 is 0. The topological polar surface area (TPSA) is 117 Å². The number of ether oxygens (including phenoxy) is 1. The van der Waals surface area contributed by atoms with E-state index in [1.54, 1.807) is 48.5 Å². The van der Waals surface area contributed by atoms with Crippen LogP contribution in [0.3, 0.4) is 0 Å². The highest BCUT2D eigenvalue weighted by Gasteiger charge is 2.36. The molecule has 0 radical (unpaired) electrons. The SMILES string of the molecule is C[C@@H](OC(=O)c1cccc(N2C(=O)c3ccccc3C2=O)c1)C(=O)Nc1ccccc1C#N. The van der Waals surface area contributed by atoms with Crippen LogP contribution < -0.4 is 10.2 Å². The van der Waals surface area contributed by atoms with Gasteiger partial charge in [-0.05, 0) is 49.4 Å². The molecule has 1 N–H and O–H groups in total. The summed E-state index contributed by atoms with van der Waals surface area (Å²) in [4.78, 5) is 51.5. The summed E-state index contributed by atoms with van der Waals surface area (Å²) < 4.78 is 5.25. The van der Waals surface area contributed by atoms with Crippen molar-refractivity contribution in [3.63, 3.8) is 0 Å². The Hall–Kier alpha value is -4.77. The Kier molecular flexibility index (Phi) is 5.70. The van der Waals surface area contributed by atoms with Gasteiger partial charge in [-0.1, -0.05) is 30.3 Å². The van der Waals surface area contributed by atoms with Crippen LogP contribution in [0.4, 0.5) is 11.4 Å². The maximum Gasteiger partial charge on any atom is 0.338 e. The number of nitriles is 1. The van der Waals surface area contributed by atoms with E-state index in [-0.39, 0.29) is 16.8 Å². The Balaban J connectivity index is 1.48. The van der Waals surface area contributed by atoms with Crippen molar-refractivity contribution in [2.24, 2.45) is 0 Å². The number of nitrogens with zero attached hydrogens (tertiary/aromatic N) is 2. The predicted molar refractivity (Wildman–Crippen MR) is 119 cm³/mol. The molecule has 0 saturated heterocycles. The van der Waals surface area contributed by atoms with Gasteiger partial charge >= 0.3 is 5.97 Å². The molecule has 0 spiro atoms. The quantitative estimate of drug-likeness (QED) is 0.480. The maximum absolute atomic E-state index is 12.7. The van der Waals surface area contributed by atoms with Crippen LogP contribution in [0.2, 0.25) is 0 Å². The first-order chi connectivity index (χ1) is 15.9. The Bertz CT molecular complexity index is 1310.